The summed E-state index contributed by atoms with van der Waals surface area (Å²) in [6, 6.07) is 10.3. The van der Waals surface area contributed by atoms with Crippen LogP contribution in [0, 0.1) is 0 Å². The molecule has 3 aromatic rings. The van der Waals surface area contributed by atoms with Crippen LogP contribution >= 0.6 is 15.9 Å². The number of imidazole rings is 1. The average Bonchev–Trinajstić information content (AvgIpc) is 2.72. The maximum Gasteiger partial charge on any atom is 0.137 e. The molecule has 4 heteroatoms. The molecular formula is C12H10BrN3. The van der Waals surface area contributed by atoms with E-state index in [1.807, 2.05) is 18.3 Å². The van der Waals surface area contributed by atoms with Crippen LogP contribution in [0.5, 0.6) is 0 Å². The molecule has 0 radical (unpaired) electrons. The van der Waals surface area contributed by atoms with Gasteiger partial charge in [0.25, 0.3) is 0 Å². The molecule has 80 valence electrons. The number of nitrogens with zero attached hydrogens (tertiary/aromatic N) is 2. The van der Waals surface area contributed by atoms with E-state index in [9.17, 15) is 0 Å². The fourth-order valence-corrected chi connectivity index (χ4v) is 2.31. The van der Waals surface area contributed by atoms with Crippen molar-refractivity contribution in [3.63, 3.8) is 0 Å². The zero-order valence-electron chi connectivity index (χ0n) is 8.52. The van der Waals surface area contributed by atoms with Crippen LogP contribution in [0.1, 0.15) is 5.69 Å². The highest BCUT2D eigenvalue weighted by molar-refractivity contribution is 9.10. The van der Waals surface area contributed by atoms with E-state index in [4.69, 9.17) is 5.73 Å². The van der Waals surface area contributed by atoms with Gasteiger partial charge in [0.1, 0.15) is 5.65 Å². The monoisotopic (exact) mass is 275 g/mol. The van der Waals surface area contributed by atoms with Crippen molar-refractivity contribution >= 4 is 32.5 Å². The van der Waals surface area contributed by atoms with Gasteiger partial charge in [0.2, 0.25) is 0 Å². The molecule has 0 saturated heterocycles. The molecule has 2 heterocycles. The fourth-order valence-electron chi connectivity index (χ4n) is 1.96. The third-order valence-corrected chi connectivity index (χ3v) is 3.21. The van der Waals surface area contributed by atoms with E-state index in [1.165, 1.54) is 5.39 Å². The summed E-state index contributed by atoms with van der Waals surface area (Å²) in [7, 11) is 0. The Hall–Kier alpha value is -1.39. The lowest BCUT2D eigenvalue weighted by Gasteiger charge is -2.05. The van der Waals surface area contributed by atoms with E-state index in [1.54, 1.807) is 0 Å². The molecule has 0 aliphatic rings. The summed E-state index contributed by atoms with van der Waals surface area (Å²) in [6.07, 6.45) is 1.83. The number of nitrogens with two attached hydrogens (primary N) is 1. The molecule has 2 aromatic heterocycles. The lowest BCUT2D eigenvalue weighted by molar-refractivity contribution is 0.979. The van der Waals surface area contributed by atoms with Crippen LogP contribution < -0.4 is 5.73 Å². The van der Waals surface area contributed by atoms with Gasteiger partial charge in [-0.15, -0.1) is 0 Å². The van der Waals surface area contributed by atoms with Crippen LogP contribution in [0.2, 0.25) is 0 Å². The first-order valence-corrected chi connectivity index (χ1v) is 5.83. The normalized spacial score (nSPS) is 11.4. The van der Waals surface area contributed by atoms with E-state index < -0.39 is 0 Å². The van der Waals surface area contributed by atoms with Crippen molar-refractivity contribution < 1.29 is 0 Å². The van der Waals surface area contributed by atoms with Crippen molar-refractivity contribution in [2.75, 3.05) is 0 Å². The molecule has 0 amide bonds. The summed E-state index contributed by atoms with van der Waals surface area (Å²) in [5, 5.41) is 1.18. The van der Waals surface area contributed by atoms with Gasteiger partial charge in [0.05, 0.1) is 17.4 Å². The quantitative estimate of drug-likeness (QED) is 0.742. The van der Waals surface area contributed by atoms with E-state index in [2.05, 4.69) is 43.5 Å². The van der Waals surface area contributed by atoms with Crippen molar-refractivity contribution in [1.29, 1.82) is 0 Å². The minimum absolute atomic E-state index is 0.493. The third kappa shape index (κ3) is 1.34. The largest absolute Gasteiger partial charge is 0.325 e. The fraction of sp³-hybridized carbons (Fsp3) is 0.0833. The van der Waals surface area contributed by atoms with Crippen LogP contribution in [0.4, 0.5) is 0 Å². The van der Waals surface area contributed by atoms with E-state index >= 15 is 0 Å². The number of benzene rings is 1. The van der Waals surface area contributed by atoms with Crippen LogP contribution in [0.3, 0.4) is 0 Å². The summed E-state index contributed by atoms with van der Waals surface area (Å²) in [4.78, 5) is 4.34. The molecule has 0 atom stereocenters. The zero-order valence-corrected chi connectivity index (χ0v) is 10.1. The molecule has 0 bridgehead atoms. The van der Waals surface area contributed by atoms with Gasteiger partial charge in [-0.3, -0.25) is 4.40 Å². The highest BCUT2D eigenvalue weighted by atomic mass is 79.9. The molecule has 3 nitrogen and oxygen atoms in total. The molecular weight excluding hydrogens is 266 g/mol. The van der Waals surface area contributed by atoms with Gasteiger partial charge in [0.15, 0.2) is 0 Å². The Bertz CT molecular complexity index is 672. The lowest BCUT2D eigenvalue weighted by Crippen LogP contribution is -2.01. The summed E-state index contributed by atoms with van der Waals surface area (Å²) in [5.74, 6) is 0. The van der Waals surface area contributed by atoms with Crippen LogP contribution in [-0.4, -0.2) is 9.38 Å². The zero-order chi connectivity index (χ0) is 11.1. The first-order valence-electron chi connectivity index (χ1n) is 5.04. The number of hydrogen-bond donors (Lipinski definition) is 1. The van der Waals surface area contributed by atoms with Crippen LogP contribution in [0.15, 0.2) is 41.0 Å². The first kappa shape index (κ1) is 9.81. The number of aromatic nitrogens is 2. The molecule has 0 fully saturated rings. The minimum atomic E-state index is 0.493. The van der Waals surface area contributed by atoms with Crippen molar-refractivity contribution in [2.45, 2.75) is 6.54 Å². The van der Waals surface area contributed by atoms with Gasteiger partial charge in [-0.1, -0.05) is 22.0 Å². The maximum atomic E-state index is 5.72. The average molecular weight is 276 g/mol. The van der Waals surface area contributed by atoms with Gasteiger partial charge in [-0.25, -0.2) is 4.98 Å². The molecule has 2 N–H and O–H groups in total. The minimum Gasteiger partial charge on any atom is -0.325 e. The second-order valence-corrected chi connectivity index (χ2v) is 4.60. The third-order valence-electron chi connectivity index (χ3n) is 2.72. The van der Waals surface area contributed by atoms with Crippen LogP contribution in [-0.2, 0) is 6.54 Å². The molecule has 3 rings (SSSR count). The highest BCUT2D eigenvalue weighted by Gasteiger charge is 2.05. The summed E-state index contributed by atoms with van der Waals surface area (Å²) < 4.78 is 3.16. The van der Waals surface area contributed by atoms with Crippen molar-refractivity contribution in [3.05, 3.63) is 46.7 Å². The van der Waals surface area contributed by atoms with Crippen molar-refractivity contribution in [2.24, 2.45) is 5.73 Å². The Kier molecular flexibility index (Phi) is 2.19. The van der Waals surface area contributed by atoms with E-state index in [-0.39, 0.29) is 0 Å². The smallest absolute Gasteiger partial charge is 0.137 e. The topological polar surface area (TPSA) is 43.3 Å². The predicted molar refractivity (Wildman–Crippen MR) is 68.3 cm³/mol. The van der Waals surface area contributed by atoms with Gasteiger partial charge >= 0.3 is 0 Å². The molecule has 0 unspecified atom stereocenters. The number of halogens is 1. The van der Waals surface area contributed by atoms with Crippen LogP contribution in [0.25, 0.3) is 16.6 Å². The summed E-state index contributed by atoms with van der Waals surface area (Å²) >= 11 is 3.49. The number of pyridine rings is 1. The summed E-state index contributed by atoms with van der Waals surface area (Å²) in [5.41, 5.74) is 8.81. The molecule has 1 aromatic carbocycles. The summed E-state index contributed by atoms with van der Waals surface area (Å²) in [6.45, 7) is 0.493. The Morgan fingerprint density at radius 3 is 2.88 bits per heavy atom. The predicted octanol–water partition coefficient (Wildman–Crippen LogP) is 2.71. The number of fused-ring (bicyclic) bond motifs is 3. The van der Waals surface area contributed by atoms with Crippen molar-refractivity contribution in [3.8, 4) is 0 Å². The number of rotatable bonds is 1. The highest BCUT2D eigenvalue weighted by Crippen LogP contribution is 2.22. The molecule has 0 aliphatic carbocycles. The first-order chi connectivity index (χ1) is 7.79. The number of hydrogen-bond acceptors (Lipinski definition) is 2. The Morgan fingerprint density at radius 2 is 2.06 bits per heavy atom. The van der Waals surface area contributed by atoms with Gasteiger partial charge < -0.3 is 5.73 Å². The Morgan fingerprint density at radius 1 is 1.25 bits per heavy atom. The van der Waals surface area contributed by atoms with Gasteiger partial charge in [-0.05, 0) is 29.7 Å². The molecule has 0 saturated carbocycles. The standard InChI is InChI=1S/C12H10BrN3/c13-9-3-1-8-2-4-12-15-7-10(6-14)16(12)11(8)5-9/h1-5,7H,6,14H2. The van der Waals surface area contributed by atoms with Crippen molar-refractivity contribution in [1.82, 2.24) is 9.38 Å². The Balaban J connectivity index is 2.54. The van der Waals surface area contributed by atoms with E-state index in [0.717, 1.165) is 21.3 Å². The maximum absolute atomic E-state index is 5.72. The molecule has 0 aliphatic heterocycles. The van der Waals surface area contributed by atoms with E-state index in [0.29, 0.717) is 6.54 Å². The Labute approximate surface area is 101 Å². The molecule has 16 heavy (non-hydrogen) atoms. The van der Waals surface area contributed by atoms with Gasteiger partial charge in [-0.2, -0.15) is 0 Å². The second-order valence-electron chi connectivity index (χ2n) is 3.68. The van der Waals surface area contributed by atoms with Gasteiger partial charge in [0, 0.05) is 11.0 Å². The SMILES string of the molecule is NCc1cnc2ccc3ccc(Br)cc3n12. The lowest BCUT2D eigenvalue weighted by atomic mass is 10.2. The second kappa shape index (κ2) is 3.57. The molecule has 0 spiro atoms.